The predicted molar refractivity (Wildman–Crippen MR) is 162 cm³/mol. The van der Waals surface area contributed by atoms with E-state index in [2.05, 4.69) is 12.6 Å². The molecule has 1 aliphatic rings. The van der Waals surface area contributed by atoms with E-state index in [1.54, 1.807) is 54.3 Å². The topological polar surface area (TPSA) is 98.2 Å². The van der Waals surface area contributed by atoms with Crippen molar-refractivity contribution in [1.29, 1.82) is 0 Å². The van der Waals surface area contributed by atoms with Gasteiger partial charge in [-0.15, -0.1) is 12.6 Å². The van der Waals surface area contributed by atoms with E-state index in [0.717, 1.165) is 11.8 Å². The highest BCUT2D eigenvalue weighted by Crippen LogP contribution is 2.39. The average molecular weight is 658 g/mol. The molecule has 1 saturated heterocycles. The first-order valence-corrected chi connectivity index (χ1v) is 17.1. The lowest BCUT2D eigenvalue weighted by Gasteiger charge is -2.44. The van der Waals surface area contributed by atoms with Gasteiger partial charge in [-0.3, -0.25) is 0 Å². The Morgan fingerprint density at radius 3 is 2.09 bits per heavy atom. The Bertz CT molecular complexity index is 1640. The Hall–Kier alpha value is -2.62. The second-order valence-corrected chi connectivity index (χ2v) is 15.0. The second kappa shape index (κ2) is 12.4. The third-order valence-corrected chi connectivity index (χ3v) is 11.6. The maximum Gasteiger partial charge on any atom is 0.421 e. The molecule has 3 atom stereocenters. The van der Waals surface area contributed by atoms with Crippen LogP contribution in [-0.4, -0.2) is 75.2 Å². The van der Waals surface area contributed by atoms with E-state index in [0.29, 0.717) is 12.6 Å². The summed E-state index contributed by atoms with van der Waals surface area (Å²) in [6.45, 7) is 2.37. The third kappa shape index (κ3) is 7.04. The smallest absolute Gasteiger partial charge is 0.376 e. The number of benzene rings is 3. The molecule has 1 fully saturated rings. The molecule has 0 amide bonds. The SMILES string of the molecule is CC(c1ccccc1)N(C[C@H]1CN(S(=O)(=O)c2ccccc2S)CCN1c1ccc([C@](C)(O)C(F)(F)F)cc1)S(C)(=O)=O. The average Bonchev–Trinajstić information content (AvgIpc) is 2.95. The summed E-state index contributed by atoms with van der Waals surface area (Å²) in [6, 6.07) is 19.1. The fraction of sp³-hybridized carbons (Fsp3) is 0.379. The summed E-state index contributed by atoms with van der Waals surface area (Å²) in [4.78, 5) is 2.08. The van der Waals surface area contributed by atoms with Crippen LogP contribution in [0.3, 0.4) is 0 Å². The summed E-state index contributed by atoms with van der Waals surface area (Å²) in [6.07, 6.45) is -3.82. The number of nitrogens with zero attached hydrogens (tertiary/aromatic N) is 3. The van der Waals surface area contributed by atoms with Crippen molar-refractivity contribution in [1.82, 2.24) is 8.61 Å². The van der Waals surface area contributed by atoms with Crippen LogP contribution in [0, 0.1) is 0 Å². The molecular formula is C29H34F3N3O5S3. The number of piperazine rings is 1. The number of rotatable bonds is 9. The van der Waals surface area contributed by atoms with Gasteiger partial charge in [0.25, 0.3) is 0 Å². The zero-order valence-electron chi connectivity index (χ0n) is 23.8. The first kappa shape index (κ1) is 33.3. The highest BCUT2D eigenvalue weighted by atomic mass is 32.2. The molecule has 4 rings (SSSR count). The van der Waals surface area contributed by atoms with E-state index in [1.807, 2.05) is 6.07 Å². The van der Waals surface area contributed by atoms with Crippen molar-refractivity contribution in [2.24, 2.45) is 0 Å². The molecule has 0 aliphatic carbocycles. The van der Waals surface area contributed by atoms with Gasteiger partial charge in [0.1, 0.15) is 0 Å². The molecule has 0 saturated carbocycles. The van der Waals surface area contributed by atoms with Crippen molar-refractivity contribution >= 4 is 38.4 Å². The number of hydrogen-bond donors (Lipinski definition) is 2. The zero-order valence-corrected chi connectivity index (χ0v) is 26.3. The highest BCUT2D eigenvalue weighted by Gasteiger charge is 2.51. The van der Waals surface area contributed by atoms with E-state index in [-0.39, 0.29) is 41.5 Å². The summed E-state index contributed by atoms with van der Waals surface area (Å²) in [7, 11) is -7.82. The van der Waals surface area contributed by atoms with Crippen LogP contribution in [0.2, 0.25) is 0 Å². The van der Waals surface area contributed by atoms with Gasteiger partial charge in [0.2, 0.25) is 20.0 Å². The van der Waals surface area contributed by atoms with Crippen molar-refractivity contribution in [3.05, 3.63) is 90.0 Å². The minimum atomic E-state index is -4.90. The maximum atomic E-state index is 13.7. The van der Waals surface area contributed by atoms with Crippen LogP contribution in [0.25, 0.3) is 0 Å². The zero-order chi connectivity index (χ0) is 31.8. The lowest BCUT2D eigenvalue weighted by Crippen LogP contribution is -2.59. The van der Waals surface area contributed by atoms with Crippen molar-refractivity contribution < 1.29 is 35.1 Å². The first-order valence-electron chi connectivity index (χ1n) is 13.4. The Labute approximate surface area is 256 Å². The minimum Gasteiger partial charge on any atom is -0.376 e. The van der Waals surface area contributed by atoms with E-state index >= 15 is 0 Å². The molecule has 3 aromatic rings. The first-order chi connectivity index (χ1) is 19.9. The lowest BCUT2D eigenvalue weighted by molar-refractivity contribution is -0.258. The number of thiol groups is 1. The van der Waals surface area contributed by atoms with Gasteiger partial charge in [0.15, 0.2) is 5.60 Å². The Morgan fingerprint density at radius 2 is 1.53 bits per heavy atom. The van der Waals surface area contributed by atoms with Crippen LogP contribution in [-0.2, 0) is 25.6 Å². The third-order valence-electron chi connectivity index (χ3n) is 7.77. The van der Waals surface area contributed by atoms with Gasteiger partial charge in [-0.25, -0.2) is 16.8 Å². The van der Waals surface area contributed by atoms with Crippen molar-refractivity contribution in [2.75, 3.05) is 37.3 Å². The highest BCUT2D eigenvalue weighted by molar-refractivity contribution is 7.90. The Morgan fingerprint density at radius 1 is 0.953 bits per heavy atom. The molecule has 0 radical (unpaired) electrons. The summed E-state index contributed by atoms with van der Waals surface area (Å²) in [5, 5.41) is 10.1. The van der Waals surface area contributed by atoms with E-state index < -0.39 is 43.9 Å². The molecule has 3 aromatic carbocycles. The Balaban J connectivity index is 1.73. The number of halogens is 3. The number of aliphatic hydroxyl groups is 1. The van der Waals surface area contributed by atoms with Crippen LogP contribution in [0.1, 0.15) is 31.0 Å². The molecular weight excluding hydrogens is 624 g/mol. The number of alkyl halides is 3. The van der Waals surface area contributed by atoms with Gasteiger partial charge in [0, 0.05) is 42.8 Å². The van der Waals surface area contributed by atoms with Crippen LogP contribution >= 0.6 is 12.6 Å². The van der Waals surface area contributed by atoms with E-state index in [9.17, 15) is 35.1 Å². The number of hydrogen-bond acceptors (Lipinski definition) is 7. The standard InChI is InChI=1S/C29H34F3N3O5S3/c1-21(22-9-5-4-6-10-22)35(42(3,37)38)20-25-19-33(43(39,40)27-12-8-7-11-26(27)41)17-18-34(25)24-15-13-23(14-16-24)28(2,36)29(30,31)32/h4-16,21,25,36,41H,17-20H2,1-3H3/t21?,25-,28+/m1/s1. The van der Waals surface area contributed by atoms with Gasteiger partial charge < -0.3 is 10.0 Å². The monoisotopic (exact) mass is 657 g/mol. The van der Waals surface area contributed by atoms with Crippen molar-refractivity contribution in [3.8, 4) is 0 Å². The van der Waals surface area contributed by atoms with E-state index in [4.69, 9.17) is 0 Å². The van der Waals surface area contributed by atoms with Crippen molar-refractivity contribution in [2.45, 2.75) is 47.5 Å². The number of sulfonamides is 2. The molecule has 1 N–H and O–H groups in total. The molecule has 43 heavy (non-hydrogen) atoms. The summed E-state index contributed by atoms with van der Waals surface area (Å²) < 4.78 is 96.4. The van der Waals surface area contributed by atoms with E-state index in [1.165, 1.54) is 38.9 Å². The van der Waals surface area contributed by atoms with Crippen LogP contribution < -0.4 is 4.90 Å². The van der Waals surface area contributed by atoms with Gasteiger partial charge in [-0.2, -0.15) is 21.8 Å². The van der Waals surface area contributed by atoms with Gasteiger partial charge in [0.05, 0.1) is 17.2 Å². The predicted octanol–water partition coefficient (Wildman–Crippen LogP) is 4.65. The minimum absolute atomic E-state index is 0.0156. The largest absolute Gasteiger partial charge is 0.421 e. The van der Waals surface area contributed by atoms with Gasteiger partial charge in [-0.1, -0.05) is 54.6 Å². The maximum absolute atomic E-state index is 13.7. The second-order valence-electron chi connectivity index (χ2n) is 10.7. The Kier molecular flexibility index (Phi) is 9.60. The van der Waals surface area contributed by atoms with Gasteiger partial charge in [-0.05, 0) is 49.2 Å². The molecule has 234 valence electrons. The molecule has 0 bridgehead atoms. The molecule has 14 heteroatoms. The fourth-order valence-electron chi connectivity index (χ4n) is 5.18. The molecule has 0 aromatic heterocycles. The van der Waals surface area contributed by atoms with Crippen LogP contribution in [0.15, 0.2) is 88.7 Å². The van der Waals surface area contributed by atoms with Crippen LogP contribution in [0.5, 0.6) is 0 Å². The summed E-state index contributed by atoms with van der Waals surface area (Å²) in [5.74, 6) is 0. The lowest BCUT2D eigenvalue weighted by atomic mass is 9.95. The summed E-state index contributed by atoms with van der Waals surface area (Å²) in [5.41, 5.74) is -2.24. The quantitative estimate of drug-likeness (QED) is 0.326. The van der Waals surface area contributed by atoms with Gasteiger partial charge >= 0.3 is 6.18 Å². The summed E-state index contributed by atoms with van der Waals surface area (Å²) >= 11 is 4.32. The molecule has 0 spiro atoms. The fourth-order valence-corrected chi connectivity index (χ4v) is 8.38. The molecule has 8 nitrogen and oxygen atoms in total. The number of anilines is 1. The van der Waals surface area contributed by atoms with Crippen LogP contribution in [0.4, 0.5) is 18.9 Å². The molecule has 1 unspecified atom stereocenters. The normalized spacial score (nSPS) is 19.3. The molecule has 1 aliphatic heterocycles. The molecule has 1 heterocycles. The van der Waals surface area contributed by atoms with Crippen molar-refractivity contribution in [3.63, 3.8) is 0 Å².